The van der Waals surface area contributed by atoms with Crippen LogP contribution in [0.2, 0.25) is 0 Å². The van der Waals surface area contributed by atoms with Crippen molar-refractivity contribution in [2.45, 2.75) is 12.4 Å². The Labute approximate surface area is 126 Å². The molecular weight excluding hydrogens is 354 g/mol. The SMILES string of the molecule is N[C@H](c1ccc(OC(F)(F)F)cc1)c1cc(F)ccc1Br. The van der Waals surface area contributed by atoms with Crippen molar-refractivity contribution in [3.8, 4) is 5.75 Å². The fraction of sp³-hybridized carbons (Fsp3) is 0.143. The molecule has 0 aliphatic rings. The molecule has 0 amide bonds. The summed E-state index contributed by atoms with van der Waals surface area (Å²) in [5.41, 5.74) is 7.04. The third-order valence-corrected chi connectivity index (χ3v) is 3.49. The van der Waals surface area contributed by atoms with Gasteiger partial charge < -0.3 is 10.5 Å². The van der Waals surface area contributed by atoms with E-state index in [9.17, 15) is 17.6 Å². The third kappa shape index (κ3) is 4.18. The summed E-state index contributed by atoms with van der Waals surface area (Å²) in [6.45, 7) is 0. The zero-order valence-electron chi connectivity index (χ0n) is 10.5. The highest BCUT2D eigenvalue weighted by Gasteiger charge is 2.31. The van der Waals surface area contributed by atoms with Crippen LogP contribution in [-0.4, -0.2) is 6.36 Å². The van der Waals surface area contributed by atoms with Gasteiger partial charge in [-0.25, -0.2) is 4.39 Å². The largest absolute Gasteiger partial charge is 0.573 e. The van der Waals surface area contributed by atoms with Crippen molar-refractivity contribution in [1.82, 2.24) is 0 Å². The molecule has 0 radical (unpaired) electrons. The molecule has 7 heteroatoms. The molecule has 2 aromatic rings. The van der Waals surface area contributed by atoms with Crippen LogP contribution in [0.3, 0.4) is 0 Å². The number of ether oxygens (including phenoxy) is 1. The molecule has 2 rings (SSSR count). The van der Waals surface area contributed by atoms with Crippen LogP contribution in [0, 0.1) is 5.82 Å². The van der Waals surface area contributed by atoms with Gasteiger partial charge in [0, 0.05) is 4.47 Å². The van der Waals surface area contributed by atoms with Gasteiger partial charge in [0.25, 0.3) is 0 Å². The summed E-state index contributed by atoms with van der Waals surface area (Å²) >= 11 is 3.26. The maximum atomic E-state index is 13.3. The molecule has 1 atom stereocenters. The quantitative estimate of drug-likeness (QED) is 0.812. The maximum absolute atomic E-state index is 13.3. The molecular formula is C14H10BrF4NO. The van der Waals surface area contributed by atoms with Crippen LogP contribution < -0.4 is 10.5 Å². The number of benzene rings is 2. The first-order chi connectivity index (χ1) is 9.76. The highest BCUT2D eigenvalue weighted by atomic mass is 79.9. The van der Waals surface area contributed by atoms with E-state index in [1.165, 1.54) is 30.3 Å². The highest BCUT2D eigenvalue weighted by molar-refractivity contribution is 9.10. The average molecular weight is 364 g/mol. The van der Waals surface area contributed by atoms with E-state index in [0.717, 1.165) is 12.1 Å². The van der Waals surface area contributed by atoms with E-state index >= 15 is 0 Å². The Bertz CT molecular complexity index is 628. The lowest BCUT2D eigenvalue weighted by molar-refractivity contribution is -0.274. The van der Waals surface area contributed by atoms with Crippen LogP contribution >= 0.6 is 15.9 Å². The second-order valence-electron chi connectivity index (χ2n) is 4.26. The Morgan fingerprint density at radius 1 is 1.05 bits per heavy atom. The second-order valence-corrected chi connectivity index (χ2v) is 5.11. The first-order valence-electron chi connectivity index (χ1n) is 5.82. The van der Waals surface area contributed by atoms with Gasteiger partial charge in [0.05, 0.1) is 6.04 Å². The maximum Gasteiger partial charge on any atom is 0.573 e. The summed E-state index contributed by atoms with van der Waals surface area (Å²) < 4.78 is 53.8. The van der Waals surface area contributed by atoms with Crippen molar-refractivity contribution in [2.75, 3.05) is 0 Å². The van der Waals surface area contributed by atoms with Crippen molar-refractivity contribution in [2.24, 2.45) is 5.73 Å². The lowest BCUT2D eigenvalue weighted by Gasteiger charge is -2.15. The first kappa shape index (κ1) is 15.8. The zero-order valence-corrected chi connectivity index (χ0v) is 12.1. The van der Waals surface area contributed by atoms with Crippen LogP contribution in [0.25, 0.3) is 0 Å². The summed E-state index contributed by atoms with van der Waals surface area (Å²) in [6, 6.07) is 8.54. The van der Waals surface area contributed by atoms with Gasteiger partial charge in [0.15, 0.2) is 0 Å². The molecule has 2 N–H and O–H groups in total. The van der Waals surface area contributed by atoms with Crippen LogP contribution in [-0.2, 0) is 0 Å². The molecule has 0 aliphatic carbocycles. The fourth-order valence-electron chi connectivity index (χ4n) is 1.81. The van der Waals surface area contributed by atoms with Crippen molar-refractivity contribution in [3.63, 3.8) is 0 Å². The lowest BCUT2D eigenvalue weighted by atomic mass is 9.99. The molecule has 0 spiro atoms. The van der Waals surface area contributed by atoms with E-state index in [-0.39, 0.29) is 5.75 Å². The Morgan fingerprint density at radius 3 is 2.24 bits per heavy atom. The Balaban J connectivity index is 2.24. The van der Waals surface area contributed by atoms with Crippen molar-refractivity contribution >= 4 is 15.9 Å². The highest BCUT2D eigenvalue weighted by Crippen LogP contribution is 2.29. The number of hydrogen-bond donors (Lipinski definition) is 1. The van der Waals surface area contributed by atoms with Gasteiger partial charge >= 0.3 is 6.36 Å². The number of nitrogens with two attached hydrogens (primary N) is 1. The van der Waals surface area contributed by atoms with E-state index in [1.807, 2.05) is 0 Å². The van der Waals surface area contributed by atoms with E-state index in [2.05, 4.69) is 20.7 Å². The molecule has 0 saturated carbocycles. The molecule has 2 nitrogen and oxygen atoms in total. The minimum atomic E-state index is -4.74. The fourth-order valence-corrected chi connectivity index (χ4v) is 2.30. The molecule has 0 saturated heterocycles. The van der Waals surface area contributed by atoms with Gasteiger partial charge in [-0.1, -0.05) is 28.1 Å². The lowest BCUT2D eigenvalue weighted by Crippen LogP contribution is -2.17. The molecule has 2 aromatic carbocycles. The molecule has 0 unspecified atom stereocenters. The molecule has 21 heavy (non-hydrogen) atoms. The summed E-state index contributed by atoms with van der Waals surface area (Å²) in [6.07, 6.45) is -4.74. The van der Waals surface area contributed by atoms with Crippen LogP contribution in [0.4, 0.5) is 17.6 Å². The molecule has 0 heterocycles. The van der Waals surface area contributed by atoms with Crippen LogP contribution in [0.1, 0.15) is 17.2 Å². The Morgan fingerprint density at radius 2 is 1.67 bits per heavy atom. The average Bonchev–Trinajstić information content (AvgIpc) is 2.40. The summed E-state index contributed by atoms with van der Waals surface area (Å²) in [5.74, 6) is -0.780. The first-order valence-corrected chi connectivity index (χ1v) is 6.62. The van der Waals surface area contributed by atoms with Gasteiger partial charge in [-0.3, -0.25) is 0 Å². The second kappa shape index (κ2) is 6.03. The van der Waals surface area contributed by atoms with E-state index in [1.54, 1.807) is 0 Å². The van der Waals surface area contributed by atoms with Crippen molar-refractivity contribution in [1.29, 1.82) is 0 Å². The number of rotatable bonds is 3. The van der Waals surface area contributed by atoms with E-state index in [0.29, 0.717) is 15.6 Å². The molecule has 112 valence electrons. The van der Waals surface area contributed by atoms with Gasteiger partial charge in [-0.05, 0) is 41.5 Å². The van der Waals surface area contributed by atoms with Crippen molar-refractivity contribution < 1.29 is 22.3 Å². The molecule has 0 aromatic heterocycles. The predicted octanol–water partition coefficient (Wildman–Crippen LogP) is 4.53. The van der Waals surface area contributed by atoms with Gasteiger partial charge in [0.2, 0.25) is 0 Å². The van der Waals surface area contributed by atoms with Crippen LogP contribution in [0.15, 0.2) is 46.9 Å². The summed E-state index contributed by atoms with van der Waals surface area (Å²) in [7, 11) is 0. The Kier molecular flexibility index (Phi) is 4.53. The predicted molar refractivity (Wildman–Crippen MR) is 73.3 cm³/mol. The molecule has 0 aliphatic heterocycles. The number of halogens is 5. The van der Waals surface area contributed by atoms with Crippen molar-refractivity contribution in [3.05, 3.63) is 63.9 Å². The molecule has 0 bridgehead atoms. The smallest absolute Gasteiger partial charge is 0.406 e. The summed E-state index contributed by atoms with van der Waals surface area (Å²) in [5, 5.41) is 0. The van der Waals surface area contributed by atoms with E-state index < -0.39 is 18.2 Å². The van der Waals surface area contributed by atoms with Gasteiger partial charge in [-0.15, -0.1) is 13.2 Å². The van der Waals surface area contributed by atoms with Crippen LogP contribution in [0.5, 0.6) is 5.75 Å². The summed E-state index contributed by atoms with van der Waals surface area (Å²) in [4.78, 5) is 0. The topological polar surface area (TPSA) is 35.2 Å². The molecule has 0 fully saturated rings. The number of hydrogen-bond acceptors (Lipinski definition) is 2. The monoisotopic (exact) mass is 363 g/mol. The van der Waals surface area contributed by atoms with Gasteiger partial charge in [-0.2, -0.15) is 0 Å². The van der Waals surface area contributed by atoms with E-state index in [4.69, 9.17) is 5.73 Å². The normalized spacial score (nSPS) is 13.0. The third-order valence-electron chi connectivity index (χ3n) is 2.77. The zero-order chi connectivity index (χ0) is 15.6. The minimum absolute atomic E-state index is 0.336. The minimum Gasteiger partial charge on any atom is -0.406 e. The Hall–Kier alpha value is -1.60. The van der Waals surface area contributed by atoms with Gasteiger partial charge in [0.1, 0.15) is 11.6 Å². The number of alkyl halides is 3. The standard InChI is InChI=1S/C14H10BrF4NO/c15-12-6-3-9(16)7-11(12)13(20)8-1-4-10(5-2-8)21-14(17,18)19/h1-7,13H,20H2/t13-/m1/s1.